The van der Waals surface area contributed by atoms with E-state index in [1.807, 2.05) is 6.07 Å². The quantitative estimate of drug-likeness (QED) is 0.617. The van der Waals surface area contributed by atoms with Crippen molar-refractivity contribution >= 4 is 10.8 Å². The summed E-state index contributed by atoms with van der Waals surface area (Å²) in [5, 5.41) is 19.9. The summed E-state index contributed by atoms with van der Waals surface area (Å²) in [7, 11) is 0. The zero-order valence-corrected chi connectivity index (χ0v) is 6.28. The van der Waals surface area contributed by atoms with Gasteiger partial charge in [-0.05, 0) is 17.5 Å². The van der Waals surface area contributed by atoms with Crippen LogP contribution in [-0.2, 0) is 0 Å². The molecule has 2 rings (SSSR count). The number of benzene rings is 2. The Hall–Kier alpha value is -1.70. The second-order valence-electron chi connectivity index (χ2n) is 2.58. The van der Waals surface area contributed by atoms with E-state index in [9.17, 15) is 5.11 Å². The normalized spacial score (nSPS) is 10.3. The van der Waals surface area contributed by atoms with E-state index in [1.54, 1.807) is 24.3 Å². The second-order valence-corrected chi connectivity index (χ2v) is 2.58. The molecule has 59 valence electrons. The Morgan fingerprint density at radius 3 is 2.67 bits per heavy atom. The molecule has 0 fully saturated rings. The summed E-state index contributed by atoms with van der Waals surface area (Å²) in [4.78, 5) is 0. The van der Waals surface area contributed by atoms with Crippen LogP contribution in [0, 0.1) is 6.07 Å². The van der Waals surface area contributed by atoms with E-state index in [0.717, 1.165) is 5.39 Å². The Balaban J connectivity index is 2.88. The number of rotatable bonds is 0. The van der Waals surface area contributed by atoms with E-state index in [-0.39, 0.29) is 11.5 Å². The molecule has 0 aromatic heterocycles. The minimum Gasteiger partial charge on any atom is -0.507 e. The molecule has 0 aliphatic rings. The summed E-state index contributed by atoms with van der Waals surface area (Å²) in [6, 6.07) is 11.1. The van der Waals surface area contributed by atoms with Crippen molar-refractivity contribution in [1.82, 2.24) is 0 Å². The zero-order chi connectivity index (χ0) is 8.55. The number of phenolic OH excluding ortho intramolecular Hbond substituents is 2. The summed E-state index contributed by atoms with van der Waals surface area (Å²) in [6.07, 6.45) is 0. The van der Waals surface area contributed by atoms with Gasteiger partial charge < -0.3 is 10.2 Å². The molecule has 0 spiro atoms. The second kappa shape index (κ2) is 2.41. The third-order valence-electron chi connectivity index (χ3n) is 1.75. The van der Waals surface area contributed by atoms with Crippen molar-refractivity contribution in [3.05, 3.63) is 36.4 Å². The molecule has 0 amide bonds. The van der Waals surface area contributed by atoms with Gasteiger partial charge >= 0.3 is 0 Å². The summed E-state index contributed by atoms with van der Waals surface area (Å²) < 4.78 is 0. The van der Waals surface area contributed by atoms with Crippen molar-refractivity contribution in [3.63, 3.8) is 0 Å². The third kappa shape index (κ3) is 0.975. The van der Waals surface area contributed by atoms with Crippen LogP contribution in [0.2, 0.25) is 0 Å². The van der Waals surface area contributed by atoms with Gasteiger partial charge in [0.05, 0.1) is 0 Å². The van der Waals surface area contributed by atoms with E-state index in [4.69, 9.17) is 5.11 Å². The van der Waals surface area contributed by atoms with Gasteiger partial charge in [-0.3, -0.25) is 0 Å². The Bertz CT molecular complexity index is 421. The van der Waals surface area contributed by atoms with Crippen molar-refractivity contribution < 1.29 is 10.2 Å². The average molecular weight is 159 g/mol. The first-order valence-corrected chi connectivity index (χ1v) is 3.60. The number of aromatic hydroxyl groups is 2. The molecule has 2 heteroatoms. The standard InChI is InChI=1S/C10H7O2/c11-8-5-4-7-2-1-3-10(12)9(7)6-8/h1-5,11-12H. The fourth-order valence-electron chi connectivity index (χ4n) is 1.17. The van der Waals surface area contributed by atoms with Crippen LogP contribution in [0.4, 0.5) is 0 Å². The van der Waals surface area contributed by atoms with Gasteiger partial charge in [-0.2, -0.15) is 0 Å². The molecule has 0 unspecified atom stereocenters. The molecule has 0 heterocycles. The van der Waals surface area contributed by atoms with Crippen LogP contribution in [0.3, 0.4) is 0 Å². The fraction of sp³-hybridized carbons (Fsp3) is 0. The first-order valence-electron chi connectivity index (χ1n) is 3.60. The molecule has 0 saturated heterocycles. The number of hydrogen-bond acceptors (Lipinski definition) is 2. The summed E-state index contributed by atoms with van der Waals surface area (Å²) in [5.74, 6) is 0.187. The Morgan fingerprint density at radius 1 is 1.00 bits per heavy atom. The number of phenols is 2. The molecule has 2 nitrogen and oxygen atoms in total. The molecule has 0 aliphatic carbocycles. The molecular weight excluding hydrogens is 152 g/mol. The van der Waals surface area contributed by atoms with Crippen LogP contribution >= 0.6 is 0 Å². The molecule has 2 aromatic rings. The van der Waals surface area contributed by atoms with Gasteiger partial charge in [-0.1, -0.05) is 18.2 Å². The molecule has 12 heavy (non-hydrogen) atoms. The monoisotopic (exact) mass is 159 g/mol. The molecule has 2 aromatic carbocycles. The molecule has 0 aliphatic heterocycles. The Morgan fingerprint density at radius 2 is 1.83 bits per heavy atom. The minimum absolute atomic E-state index is 0.0454. The first kappa shape index (κ1) is 6.98. The maximum Gasteiger partial charge on any atom is 0.124 e. The van der Waals surface area contributed by atoms with Gasteiger partial charge in [0.25, 0.3) is 0 Å². The van der Waals surface area contributed by atoms with E-state index in [1.165, 1.54) is 0 Å². The summed E-state index contributed by atoms with van der Waals surface area (Å²) >= 11 is 0. The average Bonchev–Trinajstić information content (AvgIpc) is 2.07. The summed E-state index contributed by atoms with van der Waals surface area (Å²) in [6.45, 7) is 0. The molecule has 0 bridgehead atoms. The highest BCUT2D eigenvalue weighted by molar-refractivity contribution is 5.88. The lowest BCUT2D eigenvalue weighted by Gasteiger charge is -1.99. The molecular formula is C10H7O2. The third-order valence-corrected chi connectivity index (χ3v) is 1.75. The summed E-state index contributed by atoms with van der Waals surface area (Å²) in [5.41, 5.74) is 0. The number of hydrogen-bond donors (Lipinski definition) is 2. The smallest absolute Gasteiger partial charge is 0.124 e. The van der Waals surface area contributed by atoms with Gasteiger partial charge in [0, 0.05) is 11.5 Å². The fourth-order valence-corrected chi connectivity index (χ4v) is 1.17. The molecule has 1 radical (unpaired) electrons. The highest BCUT2D eigenvalue weighted by Crippen LogP contribution is 2.26. The SMILES string of the molecule is Oc1[c]c2c(O)cccc2cc1. The van der Waals surface area contributed by atoms with Crippen molar-refractivity contribution in [3.8, 4) is 11.5 Å². The van der Waals surface area contributed by atoms with Crippen molar-refractivity contribution in [2.24, 2.45) is 0 Å². The van der Waals surface area contributed by atoms with Crippen LogP contribution in [0.25, 0.3) is 10.8 Å². The van der Waals surface area contributed by atoms with Gasteiger partial charge in [-0.25, -0.2) is 0 Å². The highest BCUT2D eigenvalue weighted by Gasteiger charge is 1.99. The van der Waals surface area contributed by atoms with Crippen molar-refractivity contribution in [2.45, 2.75) is 0 Å². The first-order chi connectivity index (χ1) is 5.77. The van der Waals surface area contributed by atoms with Gasteiger partial charge in [0.2, 0.25) is 0 Å². The largest absolute Gasteiger partial charge is 0.507 e. The van der Waals surface area contributed by atoms with Crippen LogP contribution in [0.1, 0.15) is 0 Å². The van der Waals surface area contributed by atoms with Gasteiger partial charge in [0.15, 0.2) is 0 Å². The Kier molecular flexibility index (Phi) is 1.40. The molecule has 0 atom stereocenters. The molecule has 0 saturated carbocycles. The molecule has 2 N–H and O–H groups in total. The maximum atomic E-state index is 9.35. The zero-order valence-electron chi connectivity index (χ0n) is 6.28. The van der Waals surface area contributed by atoms with Gasteiger partial charge in [-0.15, -0.1) is 0 Å². The van der Waals surface area contributed by atoms with E-state index in [0.29, 0.717) is 5.39 Å². The van der Waals surface area contributed by atoms with E-state index < -0.39 is 0 Å². The minimum atomic E-state index is 0.0454. The van der Waals surface area contributed by atoms with Crippen LogP contribution in [0.5, 0.6) is 11.5 Å². The Labute approximate surface area is 69.7 Å². The highest BCUT2D eigenvalue weighted by atomic mass is 16.3. The van der Waals surface area contributed by atoms with E-state index >= 15 is 0 Å². The van der Waals surface area contributed by atoms with Crippen molar-refractivity contribution in [1.29, 1.82) is 0 Å². The predicted octanol–water partition coefficient (Wildman–Crippen LogP) is 2.05. The maximum absolute atomic E-state index is 9.35. The lowest BCUT2D eigenvalue weighted by atomic mass is 10.1. The van der Waals surface area contributed by atoms with Gasteiger partial charge in [0.1, 0.15) is 11.5 Å². The van der Waals surface area contributed by atoms with Crippen LogP contribution in [-0.4, -0.2) is 10.2 Å². The predicted molar refractivity (Wildman–Crippen MR) is 46.1 cm³/mol. The van der Waals surface area contributed by atoms with Crippen LogP contribution in [0.15, 0.2) is 30.3 Å². The lowest BCUT2D eigenvalue weighted by Crippen LogP contribution is -1.73. The number of fused-ring (bicyclic) bond motifs is 1. The van der Waals surface area contributed by atoms with Crippen molar-refractivity contribution in [2.75, 3.05) is 0 Å². The lowest BCUT2D eigenvalue weighted by molar-refractivity contribution is 0.470. The van der Waals surface area contributed by atoms with E-state index in [2.05, 4.69) is 6.07 Å². The topological polar surface area (TPSA) is 40.5 Å². The van der Waals surface area contributed by atoms with Crippen LogP contribution < -0.4 is 0 Å².